The van der Waals surface area contributed by atoms with Gasteiger partial charge in [0, 0.05) is 29.0 Å². The van der Waals surface area contributed by atoms with Gasteiger partial charge in [0.15, 0.2) is 0 Å². The first-order chi connectivity index (χ1) is 12.7. The van der Waals surface area contributed by atoms with E-state index in [1.807, 2.05) is 43.0 Å². The molecule has 1 aromatic heterocycles. The molecule has 0 spiro atoms. The second-order valence-corrected chi connectivity index (χ2v) is 7.62. The highest BCUT2D eigenvalue weighted by atomic mass is 35.5. The van der Waals surface area contributed by atoms with E-state index in [0.717, 1.165) is 35.9 Å². The summed E-state index contributed by atoms with van der Waals surface area (Å²) in [5.41, 5.74) is 2.59. The van der Waals surface area contributed by atoms with Gasteiger partial charge in [0.05, 0.1) is 6.33 Å². The molecule has 0 fully saturated rings. The Kier molecular flexibility index (Phi) is 7.16. The van der Waals surface area contributed by atoms with Crippen LogP contribution in [0.15, 0.2) is 67.3 Å². The molecule has 2 nitrogen and oxygen atoms in total. The summed E-state index contributed by atoms with van der Waals surface area (Å²) in [5, 5.41) is 1.67. The monoisotopic (exact) mass is 386 g/mol. The van der Waals surface area contributed by atoms with Gasteiger partial charge in [0.1, 0.15) is 0 Å². The highest BCUT2D eigenvalue weighted by molar-refractivity contribution is 6.31. The third-order valence-electron chi connectivity index (χ3n) is 4.80. The number of aromatic nitrogens is 2. The van der Waals surface area contributed by atoms with Gasteiger partial charge in [0.25, 0.3) is 0 Å². The van der Waals surface area contributed by atoms with Crippen LogP contribution in [0, 0.1) is 5.92 Å². The number of halogens is 2. The van der Waals surface area contributed by atoms with Crippen LogP contribution in [0.25, 0.3) is 0 Å². The molecule has 3 aromatic rings. The van der Waals surface area contributed by atoms with E-state index in [2.05, 4.69) is 33.8 Å². The lowest BCUT2D eigenvalue weighted by molar-refractivity contribution is 0.379. The standard InChI is InChI=1S/C22H24Cl2N2/c23-21-12-9-18(10-13-21)4-3-5-19(16-26-15-14-25-17-26)8-11-20-6-1-2-7-22(20)24/h1-2,6-7,9-10,12-15,17,19H,3-5,8,11,16H2. The summed E-state index contributed by atoms with van der Waals surface area (Å²) in [6.07, 6.45) is 11.4. The maximum Gasteiger partial charge on any atom is 0.0945 e. The maximum absolute atomic E-state index is 6.32. The van der Waals surface area contributed by atoms with Crippen molar-refractivity contribution in [1.82, 2.24) is 9.55 Å². The first-order valence-corrected chi connectivity index (χ1v) is 9.90. The van der Waals surface area contributed by atoms with Gasteiger partial charge in [-0.05, 0) is 67.3 Å². The lowest BCUT2D eigenvalue weighted by Gasteiger charge is -2.18. The minimum Gasteiger partial charge on any atom is -0.337 e. The Morgan fingerprint density at radius 3 is 2.46 bits per heavy atom. The third kappa shape index (κ3) is 5.89. The molecule has 3 rings (SSSR count). The molecular weight excluding hydrogens is 363 g/mol. The Morgan fingerprint density at radius 2 is 1.73 bits per heavy atom. The summed E-state index contributed by atoms with van der Waals surface area (Å²) in [6, 6.07) is 16.3. The van der Waals surface area contributed by atoms with E-state index < -0.39 is 0 Å². The third-order valence-corrected chi connectivity index (χ3v) is 5.42. The number of aryl methyl sites for hydroxylation is 2. The summed E-state index contributed by atoms with van der Waals surface area (Å²) >= 11 is 12.3. The highest BCUT2D eigenvalue weighted by Crippen LogP contribution is 2.23. The van der Waals surface area contributed by atoms with Crippen LogP contribution in [-0.2, 0) is 19.4 Å². The molecule has 4 heteroatoms. The van der Waals surface area contributed by atoms with Crippen LogP contribution in [0.5, 0.6) is 0 Å². The van der Waals surface area contributed by atoms with Gasteiger partial charge in [-0.25, -0.2) is 4.98 Å². The molecule has 0 saturated carbocycles. The molecule has 1 heterocycles. The van der Waals surface area contributed by atoms with Crippen molar-refractivity contribution in [2.75, 3.05) is 0 Å². The van der Waals surface area contributed by atoms with E-state index in [-0.39, 0.29) is 0 Å². The summed E-state index contributed by atoms with van der Waals surface area (Å²) in [5.74, 6) is 0.604. The molecule has 0 aliphatic carbocycles. The van der Waals surface area contributed by atoms with Crippen LogP contribution in [0.3, 0.4) is 0 Å². The van der Waals surface area contributed by atoms with Crippen molar-refractivity contribution in [3.8, 4) is 0 Å². The molecular formula is C22H24Cl2N2. The summed E-state index contributed by atoms with van der Waals surface area (Å²) in [4.78, 5) is 4.17. The van der Waals surface area contributed by atoms with Gasteiger partial charge in [-0.2, -0.15) is 0 Å². The predicted molar refractivity (Wildman–Crippen MR) is 110 cm³/mol. The molecule has 0 bridgehead atoms. The Morgan fingerprint density at radius 1 is 0.923 bits per heavy atom. The molecule has 136 valence electrons. The van der Waals surface area contributed by atoms with Crippen molar-refractivity contribution in [1.29, 1.82) is 0 Å². The van der Waals surface area contributed by atoms with Gasteiger partial charge in [0.2, 0.25) is 0 Å². The number of hydrogen-bond acceptors (Lipinski definition) is 1. The van der Waals surface area contributed by atoms with Crippen molar-refractivity contribution >= 4 is 23.2 Å². The SMILES string of the molecule is Clc1ccc(CCCC(CCc2ccccc2Cl)Cn2ccnc2)cc1. The van der Waals surface area contributed by atoms with E-state index in [9.17, 15) is 0 Å². The van der Waals surface area contributed by atoms with Gasteiger partial charge < -0.3 is 4.57 Å². The largest absolute Gasteiger partial charge is 0.337 e. The van der Waals surface area contributed by atoms with Crippen LogP contribution in [0.1, 0.15) is 30.4 Å². The maximum atomic E-state index is 6.32. The van der Waals surface area contributed by atoms with Crippen LogP contribution in [0.4, 0.5) is 0 Å². The normalized spacial score (nSPS) is 12.2. The van der Waals surface area contributed by atoms with Crippen LogP contribution < -0.4 is 0 Å². The molecule has 0 N–H and O–H groups in total. The Labute approximate surface area is 165 Å². The fourth-order valence-corrected chi connectivity index (χ4v) is 3.68. The summed E-state index contributed by atoms with van der Waals surface area (Å²) < 4.78 is 2.18. The number of imidazole rings is 1. The average molecular weight is 387 g/mol. The van der Waals surface area contributed by atoms with Crippen molar-refractivity contribution in [3.05, 3.63) is 88.4 Å². The zero-order valence-electron chi connectivity index (χ0n) is 14.8. The molecule has 0 aliphatic heterocycles. The van der Waals surface area contributed by atoms with Gasteiger partial charge in [-0.1, -0.05) is 53.5 Å². The molecule has 26 heavy (non-hydrogen) atoms. The number of rotatable bonds is 9. The minimum atomic E-state index is 0.604. The van der Waals surface area contributed by atoms with E-state index in [4.69, 9.17) is 23.2 Å². The van der Waals surface area contributed by atoms with E-state index >= 15 is 0 Å². The fraction of sp³-hybridized carbons (Fsp3) is 0.318. The lowest BCUT2D eigenvalue weighted by Crippen LogP contribution is -2.11. The molecule has 2 aromatic carbocycles. The quantitative estimate of drug-likeness (QED) is 0.412. The van der Waals surface area contributed by atoms with Crippen LogP contribution in [0.2, 0.25) is 10.0 Å². The molecule has 1 atom stereocenters. The van der Waals surface area contributed by atoms with Crippen molar-refractivity contribution < 1.29 is 0 Å². The highest BCUT2D eigenvalue weighted by Gasteiger charge is 2.11. The first-order valence-electron chi connectivity index (χ1n) is 9.14. The minimum absolute atomic E-state index is 0.604. The van der Waals surface area contributed by atoms with E-state index in [1.54, 1.807) is 0 Å². The molecule has 1 unspecified atom stereocenters. The zero-order valence-corrected chi connectivity index (χ0v) is 16.3. The fourth-order valence-electron chi connectivity index (χ4n) is 3.33. The average Bonchev–Trinajstić information content (AvgIpc) is 3.15. The van der Waals surface area contributed by atoms with Crippen LogP contribution >= 0.6 is 23.2 Å². The van der Waals surface area contributed by atoms with Gasteiger partial charge in [-0.15, -0.1) is 0 Å². The molecule has 0 saturated heterocycles. The first kappa shape index (κ1) is 19.0. The van der Waals surface area contributed by atoms with Crippen molar-refractivity contribution in [2.24, 2.45) is 5.92 Å². The second-order valence-electron chi connectivity index (χ2n) is 6.77. The number of benzene rings is 2. The summed E-state index contributed by atoms with van der Waals surface area (Å²) in [6.45, 7) is 1.01. The molecule has 0 radical (unpaired) electrons. The van der Waals surface area contributed by atoms with Gasteiger partial charge >= 0.3 is 0 Å². The van der Waals surface area contributed by atoms with E-state index in [1.165, 1.54) is 24.0 Å². The van der Waals surface area contributed by atoms with Crippen LogP contribution in [-0.4, -0.2) is 9.55 Å². The lowest BCUT2D eigenvalue weighted by atomic mass is 9.93. The number of hydrogen-bond donors (Lipinski definition) is 0. The second kappa shape index (κ2) is 9.80. The topological polar surface area (TPSA) is 17.8 Å². The van der Waals surface area contributed by atoms with E-state index in [0.29, 0.717) is 5.92 Å². The predicted octanol–water partition coefficient (Wildman–Crippen LogP) is 6.46. The van der Waals surface area contributed by atoms with Crippen molar-refractivity contribution in [3.63, 3.8) is 0 Å². The van der Waals surface area contributed by atoms with Gasteiger partial charge in [-0.3, -0.25) is 0 Å². The Balaban J connectivity index is 1.55. The molecule has 0 amide bonds. The smallest absolute Gasteiger partial charge is 0.0945 e. The Bertz CT molecular complexity index is 782. The molecule has 0 aliphatic rings. The number of nitrogens with zero attached hydrogens (tertiary/aromatic N) is 2. The zero-order chi connectivity index (χ0) is 18.2. The van der Waals surface area contributed by atoms with Crippen molar-refractivity contribution in [2.45, 2.75) is 38.6 Å². The Hall–Kier alpha value is -1.77. The summed E-state index contributed by atoms with van der Waals surface area (Å²) in [7, 11) is 0.